The van der Waals surface area contributed by atoms with Crippen molar-refractivity contribution in [3.8, 4) is 5.75 Å². The first kappa shape index (κ1) is 33.2. The second-order valence-corrected chi connectivity index (χ2v) is 14.1. The van der Waals surface area contributed by atoms with Crippen molar-refractivity contribution in [2.75, 3.05) is 11.5 Å². The molecule has 2 aliphatic heterocycles. The Bertz CT molecular complexity index is 2320. The second-order valence-electron chi connectivity index (χ2n) is 12.1. The number of rotatable bonds is 0. The standard InChI is InChI=1S/C13H8O2.C13H10O.C8H6O2S.C8H6OS/c14-11-7-12(15)10-6-2-4-8-3-1-5-9(11)13(8)10;14-12-8-7-10-4-1-3-9-5-2-6-11(12)13(9)10;9-6-3-1-2-5-7(10)4-11-8(5)6;9-7-5-10-8-4-2-1-3-6(7)8/h1-6H,7H2;1-6H,7-8H2;1-3,9H,4H2;1-4H,5H2. The van der Waals surface area contributed by atoms with E-state index in [0.717, 1.165) is 38.1 Å². The fraction of sp³-hybridized carbons (Fsp3) is 0.119. The number of phenolic OH excluding ortho intramolecular Hbond substituents is 1. The Hall–Kier alpha value is -5.31. The Labute approximate surface area is 296 Å². The molecule has 10 rings (SSSR count). The lowest BCUT2D eigenvalue weighted by Gasteiger charge is -2.15. The van der Waals surface area contributed by atoms with Gasteiger partial charge in [0.2, 0.25) is 0 Å². The minimum Gasteiger partial charge on any atom is -0.507 e. The lowest BCUT2D eigenvalue weighted by molar-refractivity contribution is 0.0887. The molecule has 0 bridgehead atoms. The van der Waals surface area contributed by atoms with Crippen LogP contribution in [0, 0.1) is 0 Å². The Balaban J connectivity index is 0.000000106. The van der Waals surface area contributed by atoms with Crippen molar-refractivity contribution in [3.05, 3.63) is 149 Å². The van der Waals surface area contributed by atoms with Crippen LogP contribution in [-0.4, -0.2) is 45.5 Å². The quantitative estimate of drug-likeness (QED) is 0.157. The van der Waals surface area contributed by atoms with Crippen LogP contribution in [0.15, 0.2) is 125 Å². The highest BCUT2D eigenvalue weighted by atomic mass is 32.2. The molecule has 6 aromatic carbocycles. The fourth-order valence-electron chi connectivity index (χ4n) is 6.54. The zero-order chi connectivity index (χ0) is 34.8. The SMILES string of the molecule is O=C1CC(=O)c2cccc3cccc1c23.O=C1CCc2cccc3cccc1c23.O=C1CSc2c(O)cccc21.O=C1CSc2ccccc21. The number of aryl methyl sites for hydroxylation is 1. The van der Waals surface area contributed by atoms with E-state index in [4.69, 9.17) is 0 Å². The Kier molecular flexibility index (Phi) is 9.48. The van der Waals surface area contributed by atoms with E-state index in [1.165, 1.54) is 28.1 Å². The molecular formula is C42H30O6S2. The summed E-state index contributed by atoms with van der Waals surface area (Å²) in [6.07, 6.45) is 1.57. The van der Waals surface area contributed by atoms with Crippen LogP contribution in [0.3, 0.4) is 0 Å². The Morgan fingerprint density at radius 2 is 0.960 bits per heavy atom. The summed E-state index contributed by atoms with van der Waals surface area (Å²) >= 11 is 3.03. The molecule has 6 nitrogen and oxygen atoms in total. The van der Waals surface area contributed by atoms with Gasteiger partial charge in [0.25, 0.3) is 0 Å². The average molecular weight is 695 g/mol. The molecule has 2 aliphatic carbocycles. The smallest absolute Gasteiger partial charge is 0.174 e. The summed E-state index contributed by atoms with van der Waals surface area (Å²) in [5.74, 6) is 1.84. The van der Waals surface area contributed by atoms with Gasteiger partial charge in [-0.05, 0) is 46.3 Å². The fourth-order valence-corrected chi connectivity index (χ4v) is 8.48. The number of carbonyl (C=O) groups excluding carboxylic acids is 5. The number of fused-ring (bicyclic) bond motifs is 2. The van der Waals surface area contributed by atoms with Crippen molar-refractivity contribution >= 4 is 74.0 Å². The molecule has 8 heteroatoms. The number of Topliss-reactive ketones (excluding diaryl/α,β-unsaturated/α-hetero) is 5. The van der Waals surface area contributed by atoms with E-state index in [-0.39, 0.29) is 41.1 Å². The van der Waals surface area contributed by atoms with Crippen LogP contribution < -0.4 is 0 Å². The van der Waals surface area contributed by atoms with E-state index >= 15 is 0 Å². The van der Waals surface area contributed by atoms with Crippen molar-refractivity contribution < 1.29 is 29.1 Å². The molecule has 0 saturated carbocycles. The van der Waals surface area contributed by atoms with Crippen molar-refractivity contribution in [3.63, 3.8) is 0 Å². The third-order valence-electron chi connectivity index (χ3n) is 8.93. The van der Waals surface area contributed by atoms with Gasteiger partial charge in [0.1, 0.15) is 5.75 Å². The molecule has 0 aromatic heterocycles. The molecule has 6 aromatic rings. The van der Waals surface area contributed by atoms with Crippen LogP contribution in [-0.2, 0) is 6.42 Å². The number of aromatic hydroxyl groups is 1. The van der Waals surface area contributed by atoms with E-state index in [0.29, 0.717) is 34.6 Å². The molecule has 0 spiro atoms. The first-order valence-electron chi connectivity index (χ1n) is 16.1. The topological polar surface area (TPSA) is 106 Å². The lowest BCUT2D eigenvalue weighted by atomic mass is 9.87. The molecule has 4 aliphatic rings. The summed E-state index contributed by atoms with van der Waals surface area (Å²) in [5.41, 5.74) is 5.15. The molecule has 2 heterocycles. The van der Waals surface area contributed by atoms with Gasteiger partial charge < -0.3 is 5.11 Å². The summed E-state index contributed by atoms with van der Waals surface area (Å²) in [6, 6.07) is 36.2. The second kappa shape index (κ2) is 14.3. The monoisotopic (exact) mass is 694 g/mol. The van der Waals surface area contributed by atoms with Gasteiger partial charge in [-0.1, -0.05) is 97.1 Å². The van der Waals surface area contributed by atoms with Crippen molar-refractivity contribution in [1.29, 1.82) is 0 Å². The number of benzene rings is 6. The van der Waals surface area contributed by atoms with Crippen LogP contribution in [0.1, 0.15) is 70.2 Å². The summed E-state index contributed by atoms with van der Waals surface area (Å²) in [6.45, 7) is 0. The number of hydrogen-bond donors (Lipinski definition) is 1. The van der Waals surface area contributed by atoms with Gasteiger partial charge in [0, 0.05) is 44.5 Å². The van der Waals surface area contributed by atoms with E-state index in [1.807, 2.05) is 60.7 Å². The van der Waals surface area contributed by atoms with E-state index in [9.17, 15) is 29.1 Å². The van der Waals surface area contributed by atoms with Crippen LogP contribution in [0.25, 0.3) is 21.5 Å². The minimum absolute atomic E-state index is 0.0100. The van der Waals surface area contributed by atoms with E-state index < -0.39 is 0 Å². The summed E-state index contributed by atoms with van der Waals surface area (Å²) < 4.78 is 0. The van der Waals surface area contributed by atoms with Gasteiger partial charge in [-0.25, -0.2) is 0 Å². The highest BCUT2D eigenvalue weighted by Crippen LogP contribution is 2.37. The number of carbonyl (C=O) groups is 5. The number of hydrogen-bond acceptors (Lipinski definition) is 8. The van der Waals surface area contributed by atoms with Gasteiger partial charge in [0.05, 0.1) is 22.8 Å². The normalized spacial score (nSPS) is 14.9. The average Bonchev–Trinajstić information content (AvgIpc) is 3.72. The summed E-state index contributed by atoms with van der Waals surface area (Å²) in [5, 5.41) is 13.4. The van der Waals surface area contributed by atoms with E-state index in [1.54, 1.807) is 42.1 Å². The highest BCUT2D eigenvalue weighted by molar-refractivity contribution is 8.00. The predicted molar refractivity (Wildman–Crippen MR) is 198 cm³/mol. The van der Waals surface area contributed by atoms with Crippen molar-refractivity contribution in [2.24, 2.45) is 0 Å². The van der Waals surface area contributed by atoms with Gasteiger partial charge in [0.15, 0.2) is 28.9 Å². The van der Waals surface area contributed by atoms with Crippen LogP contribution >= 0.6 is 23.5 Å². The first-order chi connectivity index (χ1) is 24.3. The van der Waals surface area contributed by atoms with Gasteiger partial charge in [-0.2, -0.15) is 0 Å². The molecule has 0 saturated heterocycles. The largest absolute Gasteiger partial charge is 0.507 e. The van der Waals surface area contributed by atoms with Crippen LogP contribution in [0.2, 0.25) is 0 Å². The Morgan fingerprint density at radius 1 is 0.440 bits per heavy atom. The molecule has 0 atom stereocenters. The zero-order valence-electron chi connectivity index (χ0n) is 26.8. The highest BCUT2D eigenvalue weighted by Gasteiger charge is 2.25. The zero-order valence-corrected chi connectivity index (χ0v) is 28.4. The molecule has 0 amide bonds. The summed E-state index contributed by atoms with van der Waals surface area (Å²) in [7, 11) is 0. The first-order valence-corrected chi connectivity index (χ1v) is 18.1. The Morgan fingerprint density at radius 3 is 1.62 bits per heavy atom. The van der Waals surface area contributed by atoms with Gasteiger partial charge >= 0.3 is 0 Å². The predicted octanol–water partition coefficient (Wildman–Crippen LogP) is 9.23. The maximum Gasteiger partial charge on any atom is 0.174 e. The van der Waals surface area contributed by atoms with Crippen LogP contribution in [0.5, 0.6) is 5.75 Å². The molecule has 0 fully saturated rings. The molecule has 1 N–H and O–H groups in total. The molecular weight excluding hydrogens is 665 g/mol. The third kappa shape index (κ3) is 6.52. The van der Waals surface area contributed by atoms with Crippen molar-refractivity contribution in [1.82, 2.24) is 0 Å². The number of thioether (sulfide) groups is 2. The molecule has 0 radical (unpaired) electrons. The third-order valence-corrected chi connectivity index (χ3v) is 11.1. The molecule has 50 heavy (non-hydrogen) atoms. The van der Waals surface area contributed by atoms with Gasteiger partial charge in [-0.3, -0.25) is 24.0 Å². The number of ketones is 5. The maximum atomic E-state index is 11.7. The number of phenols is 1. The minimum atomic E-state index is -0.0655. The molecule has 246 valence electrons. The summed E-state index contributed by atoms with van der Waals surface area (Å²) in [4.78, 5) is 59.0. The van der Waals surface area contributed by atoms with E-state index in [2.05, 4.69) is 24.3 Å². The van der Waals surface area contributed by atoms with Crippen molar-refractivity contribution in [2.45, 2.75) is 29.1 Å². The lowest BCUT2D eigenvalue weighted by Crippen LogP contribution is -2.15. The maximum absolute atomic E-state index is 11.7. The van der Waals surface area contributed by atoms with Crippen LogP contribution in [0.4, 0.5) is 0 Å². The molecule has 0 unspecified atom stereocenters. The van der Waals surface area contributed by atoms with Gasteiger partial charge in [-0.15, -0.1) is 23.5 Å².